The topological polar surface area (TPSA) is 83.7 Å². The molecule has 2 atom stereocenters. The van der Waals surface area contributed by atoms with Gasteiger partial charge in [0.25, 0.3) is 5.69 Å². The Bertz CT molecular complexity index is 975. The van der Waals surface area contributed by atoms with E-state index in [4.69, 9.17) is 0 Å². The zero-order valence-corrected chi connectivity index (χ0v) is 16.7. The van der Waals surface area contributed by atoms with Crippen LogP contribution in [0.3, 0.4) is 0 Å². The van der Waals surface area contributed by atoms with Crippen LogP contribution in [0.25, 0.3) is 0 Å². The van der Waals surface area contributed by atoms with E-state index in [0.717, 1.165) is 16.7 Å². The first kappa shape index (κ1) is 21.2. The van der Waals surface area contributed by atoms with Crippen molar-refractivity contribution in [3.8, 4) is 0 Å². The van der Waals surface area contributed by atoms with E-state index >= 15 is 0 Å². The number of amides is 1. The normalized spacial score (nSPS) is 12.7. The van der Waals surface area contributed by atoms with Crippen LogP contribution in [-0.4, -0.2) is 27.9 Å². The molecule has 0 saturated heterocycles. The van der Waals surface area contributed by atoms with E-state index in [1.807, 2.05) is 60.7 Å². The summed E-state index contributed by atoms with van der Waals surface area (Å²) >= 11 is 0. The lowest BCUT2D eigenvalue weighted by molar-refractivity contribution is -0.384. The summed E-state index contributed by atoms with van der Waals surface area (Å²) in [5.74, 6) is -0.114. The maximum absolute atomic E-state index is 12.9. The summed E-state index contributed by atoms with van der Waals surface area (Å²) in [4.78, 5) is 24.9. The lowest BCUT2D eigenvalue weighted by atomic mass is 9.94. The minimum Gasteiger partial charge on any atom is -0.386 e. The number of likely N-dealkylation sites (N-methyl/N-ethyl adjacent to an activating group) is 1. The first-order valence-electron chi connectivity index (χ1n) is 9.74. The molecule has 0 spiro atoms. The number of aliphatic hydroxyl groups is 1. The number of aliphatic hydroxyl groups excluding tert-OH is 1. The highest BCUT2D eigenvalue weighted by atomic mass is 16.6. The summed E-state index contributed by atoms with van der Waals surface area (Å²) in [5, 5.41) is 21.8. The number of nitrogens with zero attached hydrogens (tertiary/aromatic N) is 2. The zero-order valence-electron chi connectivity index (χ0n) is 16.7. The van der Waals surface area contributed by atoms with Crippen LogP contribution in [0.5, 0.6) is 0 Å². The molecule has 6 heteroatoms. The van der Waals surface area contributed by atoms with Gasteiger partial charge in [-0.25, -0.2) is 0 Å². The molecule has 0 aliphatic heterocycles. The minimum atomic E-state index is -0.873. The molecule has 0 bridgehead atoms. The average Bonchev–Trinajstić information content (AvgIpc) is 2.79. The van der Waals surface area contributed by atoms with Gasteiger partial charge in [-0.05, 0) is 23.1 Å². The van der Waals surface area contributed by atoms with Gasteiger partial charge in [0.15, 0.2) is 0 Å². The number of non-ortho nitro benzene ring substituents is 1. The van der Waals surface area contributed by atoms with Crippen LogP contribution in [-0.2, 0) is 11.2 Å². The number of nitro groups is 1. The van der Waals surface area contributed by atoms with Crippen molar-refractivity contribution < 1.29 is 14.8 Å². The predicted octanol–water partition coefficient (Wildman–Crippen LogP) is 4.46. The Morgan fingerprint density at radius 2 is 1.47 bits per heavy atom. The van der Waals surface area contributed by atoms with Gasteiger partial charge < -0.3 is 10.0 Å². The summed E-state index contributed by atoms with van der Waals surface area (Å²) in [7, 11) is 1.70. The molecular formula is C24H24N2O4. The summed E-state index contributed by atoms with van der Waals surface area (Å²) < 4.78 is 0. The third-order valence-corrected chi connectivity index (χ3v) is 5.17. The Balaban J connectivity index is 1.76. The van der Waals surface area contributed by atoms with E-state index in [0.29, 0.717) is 6.42 Å². The number of nitro benzene ring substituents is 1. The molecule has 0 saturated carbocycles. The van der Waals surface area contributed by atoms with Crippen molar-refractivity contribution in [3.63, 3.8) is 0 Å². The molecule has 0 aromatic heterocycles. The van der Waals surface area contributed by atoms with Gasteiger partial charge >= 0.3 is 0 Å². The number of benzene rings is 3. The van der Waals surface area contributed by atoms with Crippen LogP contribution < -0.4 is 0 Å². The fourth-order valence-electron chi connectivity index (χ4n) is 3.47. The summed E-state index contributed by atoms with van der Waals surface area (Å²) in [6, 6.07) is 24.4. The fraction of sp³-hybridized carbons (Fsp3) is 0.208. The van der Waals surface area contributed by atoms with Crippen LogP contribution in [0, 0.1) is 10.1 Å². The van der Waals surface area contributed by atoms with Crippen molar-refractivity contribution in [2.24, 2.45) is 0 Å². The van der Waals surface area contributed by atoms with Crippen LogP contribution in [0.1, 0.15) is 35.3 Å². The van der Waals surface area contributed by atoms with Gasteiger partial charge in [-0.15, -0.1) is 0 Å². The quantitative estimate of drug-likeness (QED) is 0.444. The van der Waals surface area contributed by atoms with E-state index in [-0.39, 0.29) is 18.0 Å². The molecule has 30 heavy (non-hydrogen) atoms. The largest absolute Gasteiger partial charge is 0.386 e. The second kappa shape index (κ2) is 9.80. The highest BCUT2D eigenvalue weighted by Crippen LogP contribution is 2.33. The average molecular weight is 404 g/mol. The van der Waals surface area contributed by atoms with E-state index in [1.165, 1.54) is 12.1 Å². The number of aryl methyl sites for hydroxylation is 1. The Labute approximate surface area is 175 Å². The van der Waals surface area contributed by atoms with Crippen LogP contribution in [0.15, 0.2) is 84.9 Å². The summed E-state index contributed by atoms with van der Waals surface area (Å²) in [6.45, 7) is 0. The predicted molar refractivity (Wildman–Crippen MR) is 115 cm³/mol. The molecule has 0 radical (unpaired) electrons. The zero-order chi connectivity index (χ0) is 21.5. The maximum Gasteiger partial charge on any atom is 0.269 e. The molecule has 3 aromatic rings. The van der Waals surface area contributed by atoms with Crippen LogP contribution in [0.4, 0.5) is 5.69 Å². The number of carbonyl (C=O) groups excluding carboxylic acids is 1. The van der Waals surface area contributed by atoms with Gasteiger partial charge in [0.1, 0.15) is 6.10 Å². The number of hydrogen-bond donors (Lipinski definition) is 1. The molecule has 1 amide bonds. The van der Waals surface area contributed by atoms with Gasteiger partial charge in [-0.2, -0.15) is 0 Å². The van der Waals surface area contributed by atoms with Gasteiger partial charge in [-0.3, -0.25) is 14.9 Å². The molecule has 0 aliphatic rings. The van der Waals surface area contributed by atoms with Gasteiger partial charge in [0.05, 0.1) is 11.0 Å². The third-order valence-electron chi connectivity index (χ3n) is 5.17. The van der Waals surface area contributed by atoms with Crippen molar-refractivity contribution in [1.29, 1.82) is 0 Å². The van der Waals surface area contributed by atoms with E-state index < -0.39 is 17.1 Å². The fourth-order valence-corrected chi connectivity index (χ4v) is 3.47. The highest BCUT2D eigenvalue weighted by molar-refractivity contribution is 5.77. The molecule has 3 aromatic carbocycles. The molecular weight excluding hydrogens is 380 g/mol. The number of carbonyl (C=O) groups is 1. The third kappa shape index (κ3) is 5.10. The van der Waals surface area contributed by atoms with E-state index in [9.17, 15) is 20.0 Å². The summed E-state index contributed by atoms with van der Waals surface area (Å²) in [6.07, 6.45) is -0.176. The van der Waals surface area contributed by atoms with E-state index in [1.54, 1.807) is 24.1 Å². The molecule has 0 heterocycles. The first-order chi connectivity index (χ1) is 14.5. The SMILES string of the molecule is CN(C(=O)CCc1ccc([N+](=O)[O-])cc1)C(c1ccccc1)[C@H](O)c1ccccc1. The Kier molecular flexibility index (Phi) is 6.93. The lowest BCUT2D eigenvalue weighted by Gasteiger charge is -2.33. The van der Waals surface area contributed by atoms with Crippen molar-refractivity contribution in [1.82, 2.24) is 4.90 Å². The molecule has 6 nitrogen and oxygen atoms in total. The molecule has 154 valence electrons. The second-order valence-corrected chi connectivity index (χ2v) is 7.14. The standard InChI is InChI=1S/C24H24N2O4/c1-25(22(27)17-14-18-12-15-21(16-13-18)26(29)30)23(19-8-4-2-5-9-19)24(28)20-10-6-3-7-11-20/h2-13,15-16,23-24,28H,14,17H2,1H3/t23?,24-/m1/s1. The minimum absolute atomic E-state index is 0.0253. The summed E-state index contributed by atoms with van der Waals surface area (Å²) in [5.41, 5.74) is 2.46. The lowest BCUT2D eigenvalue weighted by Crippen LogP contribution is -2.35. The Hall–Kier alpha value is -3.51. The highest BCUT2D eigenvalue weighted by Gasteiger charge is 2.29. The van der Waals surface area contributed by atoms with Crippen LogP contribution >= 0.6 is 0 Å². The molecule has 1 unspecified atom stereocenters. The number of hydrogen-bond acceptors (Lipinski definition) is 4. The van der Waals surface area contributed by atoms with Gasteiger partial charge in [-0.1, -0.05) is 72.8 Å². The molecule has 0 aliphatic carbocycles. The van der Waals surface area contributed by atoms with Gasteiger partial charge in [0, 0.05) is 25.6 Å². The van der Waals surface area contributed by atoms with Crippen molar-refractivity contribution in [3.05, 3.63) is 112 Å². The Morgan fingerprint density at radius 3 is 2.00 bits per heavy atom. The van der Waals surface area contributed by atoms with Crippen molar-refractivity contribution >= 4 is 11.6 Å². The van der Waals surface area contributed by atoms with Crippen LogP contribution in [0.2, 0.25) is 0 Å². The van der Waals surface area contributed by atoms with E-state index in [2.05, 4.69) is 0 Å². The number of rotatable bonds is 8. The molecule has 0 fully saturated rings. The smallest absolute Gasteiger partial charge is 0.269 e. The maximum atomic E-state index is 12.9. The first-order valence-corrected chi connectivity index (χ1v) is 9.74. The van der Waals surface area contributed by atoms with Gasteiger partial charge in [0.2, 0.25) is 5.91 Å². The molecule has 3 rings (SSSR count). The molecule has 1 N–H and O–H groups in total. The Morgan fingerprint density at radius 1 is 0.933 bits per heavy atom. The van der Waals surface area contributed by atoms with Crippen molar-refractivity contribution in [2.75, 3.05) is 7.05 Å². The van der Waals surface area contributed by atoms with Crippen molar-refractivity contribution in [2.45, 2.75) is 25.0 Å². The monoisotopic (exact) mass is 404 g/mol. The second-order valence-electron chi connectivity index (χ2n) is 7.14.